The minimum Gasteiger partial charge on any atom is -0.490 e. The quantitative estimate of drug-likeness (QED) is 0.906. The number of hydrogen-bond donors (Lipinski definition) is 1. The molecule has 0 atom stereocenters. The van der Waals surface area contributed by atoms with Crippen molar-refractivity contribution in [1.29, 1.82) is 0 Å². The molecule has 1 amide bonds. The molecule has 0 saturated carbocycles. The molecule has 1 aromatic rings. The van der Waals surface area contributed by atoms with Crippen LogP contribution in [0, 0.1) is 0 Å². The lowest BCUT2D eigenvalue weighted by Crippen LogP contribution is -2.52. The number of carbonyl (C=O) groups is 1. The highest BCUT2D eigenvalue weighted by Crippen LogP contribution is 2.45. The van der Waals surface area contributed by atoms with Crippen LogP contribution in [0.25, 0.3) is 0 Å². The van der Waals surface area contributed by atoms with Crippen molar-refractivity contribution in [3.8, 4) is 11.5 Å². The van der Waals surface area contributed by atoms with Gasteiger partial charge in [-0.3, -0.25) is 4.79 Å². The van der Waals surface area contributed by atoms with Crippen LogP contribution in [-0.4, -0.2) is 29.8 Å². The zero-order valence-corrected chi connectivity index (χ0v) is 13.1. The highest BCUT2D eigenvalue weighted by atomic mass is 16.5. The first kappa shape index (κ1) is 15.6. The molecular weight excluding hydrogens is 270 g/mol. The Bertz CT molecular complexity index is 539. The van der Waals surface area contributed by atoms with Crippen LogP contribution in [0.2, 0.25) is 0 Å². The fraction of sp³-hybridized carbons (Fsp3) is 0.562. The van der Waals surface area contributed by atoms with Gasteiger partial charge in [0.25, 0.3) is 5.91 Å². The van der Waals surface area contributed by atoms with E-state index in [0.717, 1.165) is 6.42 Å². The van der Waals surface area contributed by atoms with Crippen molar-refractivity contribution in [3.05, 3.63) is 17.7 Å². The summed E-state index contributed by atoms with van der Waals surface area (Å²) in [6, 6.07) is 3.55. The molecular formula is C16H23NO4. The molecule has 116 valence electrons. The Balaban J connectivity index is 2.60. The van der Waals surface area contributed by atoms with Gasteiger partial charge in [-0.1, -0.05) is 6.92 Å². The lowest BCUT2D eigenvalue weighted by molar-refractivity contribution is -0.132. The third-order valence-corrected chi connectivity index (χ3v) is 3.43. The van der Waals surface area contributed by atoms with Gasteiger partial charge in [0.05, 0.1) is 18.9 Å². The van der Waals surface area contributed by atoms with Crippen molar-refractivity contribution >= 4 is 11.6 Å². The molecule has 0 spiro atoms. The molecule has 1 aliphatic heterocycles. The maximum Gasteiger partial charge on any atom is 0.270 e. The molecule has 1 heterocycles. The highest BCUT2D eigenvalue weighted by molar-refractivity contribution is 6.03. The minimum atomic E-state index is -0.922. The largest absolute Gasteiger partial charge is 0.490 e. The average Bonchev–Trinajstić information content (AvgIpc) is 2.44. The van der Waals surface area contributed by atoms with Gasteiger partial charge >= 0.3 is 0 Å². The topological polar surface area (TPSA) is 59.0 Å². The van der Waals surface area contributed by atoms with Crippen LogP contribution in [0.3, 0.4) is 0 Å². The van der Waals surface area contributed by atoms with Gasteiger partial charge in [-0.2, -0.15) is 0 Å². The SMILES string of the molecule is CCCN1C(=O)C(C)(C)Oc2c(OCC)cc(CO)cc21. The van der Waals surface area contributed by atoms with E-state index in [4.69, 9.17) is 9.47 Å². The third-order valence-electron chi connectivity index (χ3n) is 3.43. The third kappa shape index (κ3) is 2.83. The Kier molecular flexibility index (Phi) is 4.42. The van der Waals surface area contributed by atoms with E-state index in [9.17, 15) is 9.90 Å². The van der Waals surface area contributed by atoms with Crippen LogP contribution >= 0.6 is 0 Å². The Morgan fingerprint density at radius 1 is 1.33 bits per heavy atom. The van der Waals surface area contributed by atoms with Crippen molar-refractivity contribution in [2.24, 2.45) is 0 Å². The molecule has 0 unspecified atom stereocenters. The van der Waals surface area contributed by atoms with Gasteiger partial charge in [-0.15, -0.1) is 0 Å². The summed E-state index contributed by atoms with van der Waals surface area (Å²) in [5, 5.41) is 9.42. The second kappa shape index (κ2) is 5.93. The Morgan fingerprint density at radius 2 is 2.05 bits per heavy atom. The van der Waals surface area contributed by atoms with Gasteiger partial charge in [0, 0.05) is 6.54 Å². The summed E-state index contributed by atoms with van der Waals surface area (Å²) in [5.74, 6) is 1.07. The number of nitrogens with zero attached hydrogens (tertiary/aromatic N) is 1. The van der Waals surface area contributed by atoms with E-state index in [1.807, 2.05) is 13.8 Å². The lowest BCUT2D eigenvalue weighted by atomic mass is 10.0. The summed E-state index contributed by atoms with van der Waals surface area (Å²) in [5.41, 5.74) is 0.458. The first-order chi connectivity index (χ1) is 9.94. The number of benzene rings is 1. The summed E-state index contributed by atoms with van der Waals surface area (Å²) in [7, 11) is 0. The van der Waals surface area contributed by atoms with E-state index in [2.05, 4.69) is 0 Å². The Hall–Kier alpha value is -1.75. The van der Waals surface area contributed by atoms with E-state index in [-0.39, 0.29) is 12.5 Å². The minimum absolute atomic E-state index is 0.0746. The van der Waals surface area contributed by atoms with Crippen LogP contribution in [0.1, 0.15) is 39.7 Å². The van der Waals surface area contributed by atoms with E-state index >= 15 is 0 Å². The average molecular weight is 293 g/mol. The molecule has 0 saturated heterocycles. The molecule has 0 radical (unpaired) electrons. The molecule has 0 fully saturated rings. The molecule has 5 nitrogen and oxygen atoms in total. The molecule has 21 heavy (non-hydrogen) atoms. The van der Waals surface area contributed by atoms with Crippen LogP contribution in [0.5, 0.6) is 11.5 Å². The van der Waals surface area contributed by atoms with Gasteiger partial charge < -0.3 is 19.5 Å². The monoisotopic (exact) mass is 293 g/mol. The first-order valence-electron chi connectivity index (χ1n) is 7.36. The molecule has 0 aromatic heterocycles. The number of carbonyl (C=O) groups excluding carboxylic acids is 1. The number of fused-ring (bicyclic) bond motifs is 1. The second-order valence-electron chi connectivity index (χ2n) is 5.60. The van der Waals surface area contributed by atoms with Gasteiger partial charge in [-0.25, -0.2) is 0 Å². The number of amides is 1. The number of aliphatic hydroxyl groups is 1. The second-order valence-corrected chi connectivity index (χ2v) is 5.60. The molecule has 5 heteroatoms. The molecule has 1 N–H and O–H groups in total. The predicted octanol–water partition coefficient (Wildman–Crippen LogP) is 2.49. The van der Waals surface area contributed by atoms with Crippen molar-refractivity contribution < 1.29 is 19.4 Å². The number of rotatable bonds is 5. The summed E-state index contributed by atoms with van der Waals surface area (Å²) >= 11 is 0. The highest BCUT2D eigenvalue weighted by Gasteiger charge is 2.42. The molecule has 2 rings (SSSR count). The summed E-state index contributed by atoms with van der Waals surface area (Å²) in [6.45, 7) is 8.43. The fourth-order valence-corrected chi connectivity index (χ4v) is 2.48. The van der Waals surface area contributed by atoms with Crippen LogP contribution in [-0.2, 0) is 11.4 Å². The Morgan fingerprint density at radius 3 is 2.62 bits per heavy atom. The van der Waals surface area contributed by atoms with E-state index < -0.39 is 5.60 Å². The van der Waals surface area contributed by atoms with Crippen LogP contribution in [0.15, 0.2) is 12.1 Å². The first-order valence-corrected chi connectivity index (χ1v) is 7.36. The van der Waals surface area contributed by atoms with E-state index in [0.29, 0.717) is 35.9 Å². The molecule has 1 aromatic carbocycles. The predicted molar refractivity (Wildman–Crippen MR) is 80.9 cm³/mol. The van der Waals surface area contributed by atoms with Crippen LogP contribution in [0.4, 0.5) is 5.69 Å². The smallest absolute Gasteiger partial charge is 0.270 e. The maximum atomic E-state index is 12.6. The van der Waals surface area contributed by atoms with Gasteiger partial charge in [0.2, 0.25) is 0 Å². The zero-order valence-electron chi connectivity index (χ0n) is 13.1. The van der Waals surface area contributed by atoms with Crippen molar-refractivity contribution in [2.45, 2.75) is 46.3 Å². The van der Waals surface area contributed by atoms with Gasteiger partial charge in [0.1, 0.15) is 0 Å². The molecule has 0 aliphatic carbocycles. The molecule has 0 bridgehead atoms. The van der Waals surface area contributed by atoms with Gasteiger partial charge in [0.15, 0.2) is 17.1 Å². The van der Waals surface area contributed by atoms with E-state index in [1.165, 1.54) is 0 Å². The van der Waals surface area contributed by atoms with Gasteiger partial charge in [-0.05, 0) is 44.9 Å². The van der Waals surface area contributed by atoms with Crippen molar-refractivity contribution in [3.63, 3.8) is 0 Å². The summed E-state index contributed by atoms with van der Waals surface area (Å²) in [4.78, 5) is 14.3. The maximum absolute atomic E-state index is 12.6. The fourth-order valence-electron chi connectivity index (χ4n) is 2.48. The van der Waals surface area contributed by atoms with E-state index in [1.54, 1.807) is 30.9 Å². The van der Waals surface area contributed by atoms with Crippen molar-refractivity contribution in [1.82, 2.24) is 0 Å². The molecule has 1 aliphatic rings. The number of anilines is 1. The number of ether oxygens (including phenoxy) is 2. The van der Waals surface area contributed by atoms with Crippen molar-refractivity contribution in [2.75, 3.05) is 18.1 Å². The zero-order chi connectivity index (χ0) is 15.6. The summed E-state index contributed by atoms with van der Waals surface area (Å²) in [6.07, 6.45) is 0.842. The standard InChI is InChI=1S/C16H23NO4/c1-5-7-17-12-8-11(10-18)9-13(20-6-2)14(12)21-16(3,4)15(17)19/h8-9,18H,5-7,10H2,1-4H3. The summed E-state index contributed by atoms with van der Waals surface area (Å²) < 4.78 is 11.5. The number of hydrogen-bond acceptors (Lipinski definition) is 4. The normalized spacial score (nSPS) is 16.4. The Labute approximate surface area is 125 Å². The van der Waals surface area contributed by atoms with Crippen LogP contribution < -0.4 is 14.4 Å². The lowest BCUT2D eigenvalue weighted by Gasteiger charge is -2.39. The number of aliphatic hydroxyl groups excluding tert-OH is 1.